The summed E-state index contributed by atoms with van der Waals surface area (Å²) in [6, 6.07) is 1.43. The van der Waals surface area contributed by atoms with Crippen LogP contribution in [0.25, 0.3) is 0 Å². The van der Waals surface area contributed by atoms with Crippen molar-refractivity contribution in [1.82, 2.24) is 0 Å². The molecule has 0 bridgehead atoms. The topological polar surface area (TPSA) is 49.8 Å². The molecule has 0 aliphatic rings. The first-order valence-electron chi connectivity index (χ1n) is 2.09. The van der Waals surface area contributed by atoms with Gasteiger partial charge >= 0.3 is 0 Å². The summed E-state index contributed by atoms with van der Waals surface area (Å²) in [4.78, 5) is 0. The quantitative estimate of drug-likeness (QED) is 0.481. The van der Waals surface area contributed by atoms with Crippen LogP contribution < -0.4 is 5.73 Å². The zero-order valence-corrected chi connectivity index (χ0v) is 4.26. The Kier molecular flexibility index (Phi) is 2.99. The molecule has 0 saturated carbocycles. The number of nitriles is 1. The Morgan fingerprint density at radius 3 is 2.57 bits per heavy atom. The average molecular weight is 96.1 g/mol. The molecule has 0 aromatic carbocycles. The van der Waals surface area contributed by atoms with Crippen molar-refractivity contribution in [2.75, 3.05) is 0 Å². The highest BCUT2D eigenvalue weighted by atomic mass is 14.6. The molecule has 0 aliphatic carbocycles. The Labute approximate surface area is 43.2 Å². The second-order valence-electron chi connectivity index (χ2n) is 1.18. The van der Waals surface area contributed by atoms with Gasteiger partial charge in [-0.25, -0.2) is 0 Å². The van der Waals surface area contributed by atoms with E-state index in [9.17, 15) is 0 Å². The average Bonchev–Trinajstić information content (AvgIpc) is 1.68. The Morgan fingerprint density at radius 2 is 2.43 bits per heavy atom. The Hall–Kier alpha value is -0.810. The maximum absolute atomic E-state index is 8.04. The zero-order chi connectivity index (χ0) is 5.70. The molecule has 0 amide bonds. The standard InChI is InChI=1S/C5H8N2/c1-2-3-5(7)4-6/h2-3,5H,7H2,1H3/b3-2+. The molecule has 2 N–H and O–H groups in total. The van der Waals surface area contributed by atoms with Gasteiger partial charge in [-0.1, -0.05) is 12.2 Å². The van der Waals surface area contributed by atoms with Gasteiger partial charge in [0, 0.05) is 0 Å². The van der Waals surface area contributed by atoms with E-state index in [0.717, 1.165) is 0 Å². The summed E-state index contributed by atoms with van der Waals surface area (Å²) in [7, 11) is 0. The molecule has 2 nitrogen and oxygen atoms in total. The summed E-state index contributed by atoms with van der Waals surface area (Å²) in [5.41, 5.74) is 5.14. The third-order valence-corrected chi connectivity index (χ3v) is 0.549. The summed E-state index contributed by atoms with van der Waals surface area (Å²) >= 11 is 0. The molecule has 0 aliphatic heterocycles. The first-order valence-corrected chi connectivity index (χ1v) is 2.09. The number of allylic oxidation sites excluding steroid dienone is 1. The van der Waals surface area contributed by atoms with E-state index in [-0.39, 0.29) is 0 Å². The minimum atomic E-state index is -0.426. The van der Waals surface area contributed by atoms with Gasteiger partial charge in [-0.05, 0) is 6.92 Å². The van der Waals surface area contributed by atoms with E-state index in [1.165, 1.54) is 0 Å². The summed E-state index contributed by atoms with van der Waals surface area (Å²) in [6.07, 6.45) is 3.40. The number of hydrogen-bond donors (Lipinski definition) is 1. The highest BCUT2D eigenvalue weighted by molar-refractivity contribution is 5.02. The van der Waals surface area contributed by atoms with Crippen LogP contribution in [0.3, 0.4) is 0 Å². The molecular weight excluding hydrogens is 88.1 g/mol. The molecule has 1 unspecified atom stereocenters. The molecular formula is C5H8N2. The number of nitrogens with zero attached hydrogens (tertiary/aromatic N) is 1. The van der Waals surface area contributed by atoms with Crippen LogP contribution in [0.1, 0.15) is 6.92 Å². The number of hydrogen-bond acceptors (Lipinski definition) is 2. The van der Waals surface area contributed by atoms with E-state index in [2.05, 4.69) is 0 Å². The highest BCUT2D eigenvalue weighted by Gasteiger charge is 1.85. The van der Waals surface area contributed by atoms with E-state index >= 15 is 0 Å². The lowest BCUT2D eigenvalue weighted by molar-refractivity contribution is 1.04. The summed E-state index contributed by atoms with van der Waals surface area (Å²) in [6.45, 7) is 1.83. The summed E-state index contributed by atoms with van der Waals surface area (Å²) in [5, 5.41) is 8.04. The van der Waals surface area contributed by atoms with Crippen molar-refractivity contribution in [3.63, 3.8) is 0 Å². The van der Waals surface area contributed by atoms with Gasteiger partial charge in [0.15, 0.2) is 0 Å². The lowest BCUT2D eigenvalue weighted by Crippen LogP contribution is -2.12. The van der Waals surface area contributed by atoms with Crippen LogP contribution >= 0.6 is 0 Å². The molecule has 0 spiro atoms. The highest BCUT2D eigenvalue weighted by Crippen LogP contribution is 1.74. The predicted octanol–water partition coefficient (Wildman–Crippen LogP) is 0.413. The van der Waals surface area contributed by atoms with Crippen LogP contribution in [0.2, 0.25) is 0 Å². The third kappa shape index (κ3) is 3.01. The fourth-order valence-corrected chi connectivity index (χ4v) is 0.250. The zero-order valence-electron chi connectivity index (χ0n) is 4.26. The van der Waals surface area contributed by atoms with Crippen molar-refractivity contribution in [2.24, 2.45) is 5.73 Å². The molecule has 7 heavy (non-hydrogen) atoms. The number of rotatable bonds is 1. The van der Waals surface area contributed by atoms with Gasteiger partial charge in [0.1, 0.15) is 6.04 Å². The van der Waals surface area contributed by atoms with Gasteiger partial charge in [0.05, 0.1) is 6.07 Å². The van der Waals surface area contributed by atoms with Gasteiger partial charge in [0.2, 0.25) is 0 Å². The first kappa shape index (κ1) is 6.19. The monoisotopic (exact) mass is 96.1 g/mol. The fraction of sp³-hybridized carbons (Fsp3) is 0.400. The largest absolute Gasteiger partial charge is 0.313 e. The van der Waals surface area contributed by atoms with Crippen LogP contribution in [0, 0.1) is 11.3 Å². The van der Waals surface area contributed by atoms with E-state index < -0.39 is 6.04 Å². The third-order valence-electron chi connectivity index (χ3n) is 0.549. The molecule has 38 valence electrons. The van der Waals surface area contributed by atoms with E-state index in [0.29, 0.717) is 0 Å². The van der Waals surface area contributed by atoms with Crippen LogP contribution in [0.5, 0.6) is 0 Å². The van der Waals surface area contributed by atoms with Gasteiger partial charge in [-0.3, -0.25) is 0 Å². The van der Waals surface area contributed by atoms with E-state index in [1.807, 2.05) is 13.0 Å². The van der Waals surface area contributed by atoms with Crippen molar-refractivity contribution in [2.45, 2.75) is 13.0 Å². The summed E-state index contributed by atoms with van der Waals surface area (Å²) in [5.74, 6) is 0. The van der Waals surface area contributed by atoms with Crippen molar-refractivity contribution in [3.8, 4) is 6.07 Å². The maximum atomic E-state index is 8.04. The smallest absolute Gasteiger partial charge is 0.111 e. The SMILES string of the molecule is C/C=C/C(N)C#N. The van der Waals surface area contributed by atoms with Crippen molar-refractivity contribution < 1.29 is 0 Å². The van der Waals surface area contributed by atoms with Gasteiger partial charge < -0.3 is 5.73 Å². The molecule has 0 heterocycles. The molecule has 0 fully saturated rings. The Balaban J connectivity index is 3.42. The lowest BCUT2D eigenvalue weighted by atomic mass is 10.3. The van der Waals surface area contributed by atoms with E-state index in [4.69, 9.17) is 11.0 Å². The molecule has 0 saturated heterocycles. The van der Waals surface area contributed by atoms with Crippen LogP contribution in [-0.2, 0) is 0 Å². The van der Waals surface area contributed by atoms with Crippen molar-refractivity contribution in [1.29, 1.82) is 5.26 Å². The first-order chi connectivity index (χ1) is 3.31. The Bertz CT molecular complexity index is 99.1. The molecule has 0 radical (unpaired) electrons. The second kappa shape index (κ2) is 3.38. The number of nitrogens with two attached hydrogens (primary N) is 1. The van der Waals surface area contributed by atoms with Gasteiger partial charge in [-0.15, -0.1) is 0 Å². The lowest BCUT2D eigenvalue weighted by Gasteiger charge is -1.85. The Morgan fingerprint density at radius 1 is 1.86 bits per heavy atom. The van der Waals surface area contributed by atoms with Crippen molar-refractivity contribution in [3.05, 3.63) is 12.2 Å². The van der Waals surface area contributed by atoms with Crippen molar-refractivity contribution >= 4 is 0 Å². The molecule has 0 aromatic heterocycles. The molecule has 2 heteroatoms. The predicted molar refractivity (Wildman–Crippen MR) is 28.4 cm³/mol. The van der Waals surface area contributed by atoms with Crippen LogP contribution in [0.4, 0.5) is 0 Å². The van der Waals surface area contributed by atoms with Gasteiger partial charge in [0.25, 0.3) is 0 Å². The van der Waals surface area contributed by atoms with Gasteiger partial charge in [-0.2, -0.15) is 5.26 Å². The summed E-state index contributed by atoms with van der Waals surface area (Å²) < 4.78 is 0. The minimum absolute atomic E-state index is 0.426. The minimum Gasteiger partial charge on any atom is -0.313 e. The van der Waals surface area contributed by atoms with Crippen LogP contribution in [0.15, 0.2) is 12.2 Å². The molecule has 0 rings (SSSR count). The molecule has 0 aromatic rings. The van der Waals surface area contributed by atoms with E-state index in [1.54, 1.807) is 12.2 Å². The second-order valence-corrected chi connectivity index (χ2v) is 1.18. The van der Waals surface area contributed by atoms with Crippen LogP contribution in [-0.4, -0.2) is 6.04 Å². The molecule has 1 atom stereocenters. The normalized spacial score (nSPS) is 13.9. The maximum Gasteiger partial charge on any atom is 0.111 e. The fourth-order valence-electron chi connectivity index (χ4n) is 0.250.